The lowest BCUT2D eigenvalue weighted by Crippen LogP contribution is -2.27. The van der Waals surface area contributed by atoms with Crippen molar-refractivity contribution in [1.29, 1.82) is 0 Å². The van der Waals surface area contributed by atoms with Crippen molar-refractivity contribution in [2.75, 3.05) is 0 Å². The lowest BCUT2D eigenvalue weighted by Gasteiger charge is -2.31. The zero-order chi connectivity index (χ0) is 21.3. The van der Waals surface area contributed by atoms with E-state index in [1.165, 1.54) is 95.5 Å². The summed E-state index contributed by atoms with van der Waals surface area (Å²) in [6, 6.07) is 4.81. The van der Waals surface area contributed by atoms with Gasteiger partial charge in [0.05, 0.1) is 6.04 Å². The molecule has 0 heterocycles. The first-order chi connectivity index (χ1) is 14.6. The Morgan fingerprint density at radius 1 is 0.800 bits per heavy atom. The third-order valence-corrected chi connectivity index (χ3v) is 8.07. The van der Waals surface area contributed by atoms with E-state index < -0.39 is 0 Å². The molecule has 0 spiro atoms. The van der Waals surface area contributed by atoms with Gasteiger partial charge in [0.1, 0.15) is 5.75 Å². The SMILES string of the molecule is Cc1ccc(C2CCCCCCCCCCC2)c(O)c1C=NC1CCCC(C)C1C. The van der Waals surface area contributed by atoms with Crippen molar-refractivity contribution in [3.63, 3.8) is 0 Å². The van der Waals surface area contributed by atoms with Gasteiger partial charge < -0.3 is 5.11 Å². The Kier molecular flexibility index (Phi) is 9.27. The van der Waals surface area contributed by atoms with Crippen LogP contribution in [-0.4, -0.2) is 17.4 Å². The summed E-state index contributed by atoms with van der Waals surface area (Å²) >= 11 is 0. The number of nitrogens with zero attached hydrogens (tertiary/aromatic N) is 1. The normalized spacial score (nSPS) is 28.2. The van der Waals surface area contributed by atoms with Gasteiger partial charge in [-0.15, -0.1) is 0 Å². The minimum Gasteiger partial charge on any atom is -0.507 e. The smallest absolute Gasteiger partial charge is 0.128 e. The number of benzene rings is 1. The van der Waals surface area contributed by atoms with Gasteiger partial charge in [0.2, 0.25) is 0 Å². The van der Waals surface area contributed by atoms with E-state index in [1.54, 1.807) is 0 Å². The third kappa shape index (κ3) is 6.34. The average Bonchev–Trinajstić information content (AvgIpc) is 2.72. The molecule has 3 atom stereocenters. The van der Waals surface area contributed by atoms with Crippen LogP contribution in [0.15, 0.2) is 17.1 Å². The second kappa shape index (κ2) is 11.9. The second-order valence-electron chi connectivity index (χ2n) is 10.3. The third-order valence-electron chi connectivity index (χ3n) is 8.07. The topological polar surface area (TPSA) is 32.6 Å². The molecule has 0 aliphatic heterocycles. The molecule has 2 nitrogen and oxygen atoms in total. The van der Waals surface area contributed by atoms with Crippen LogP contribution in [0, 0.1) is 18.8 Å². The van der Waals surface area contributed by atoms with E-state index in [2.05, 4.69) is 32.9 Å². The maximum Gasteiger partial charge on any atom is 0.128 e. The van der Waals surface area contributed by atoms with Gasteiger partial charge in [-0.25, -0.2) is 0 Å². The Labute approximate surface area is 185 Å². The monoisotopic (exact) mass is 411 g/mol. The Hall–Kier alpha value is -1.31. The Morgan fingerprint density at radius 3 is 2.03 bits per heavy atom. The molecule has 0 saturated heterocycles. The first kappa shape index (κ1) is 23.4. The van der Waals surface area contributed by atoms with E-state index in [9.17, 15) is 5.11 Å². The molecule has 168 valence electrons. The van der Waals surface area contributed by atoms with E-state index in [0.717, 1.165) is 17.0 Å². The molecule has 0 amide bonds. The number of aryl methyl sites for hydroxylation is 1. The number of aliphatic imine (C=N–C) groups is 1. The fraction of sp³-hybridized carbons (Fsp3) is 0.750. The molecule has 2 fully saturated rings. The second-order valence-corrected chi connectivity index (χ2v) is 10.3. The molecule has 1 aromatic carbocycles. The predicted molar refractivity (Wildman–Crippen MR) is 130 cm³/mol. The highest BCUT2D eigenvalue weighted by Gasteiger charge is 2.26. The zero-order valence-electron chi connectivity index (χ0n) is 19.8. The van der Waals surface area contributed by atoms with Gasteiger partial charge in [-0.05, 0) is 55.1 Å². The van der Waals surface area contributed by atoms with E-state index in [-0.39, 0.29) is 0 Å². The van der Waals surface area contributed by atoms with Crippen molar-refractivity contribution < 1.29 is 5.11 Å². The summed E-state index contributed by atoms with van der Waals surface area (Å²) in [5.41, 5.74) is 3.28. The molecule has 1 N–H and O–H groups in total. The molecular weight excluding hydrogens is 366 g/mol. The van der Waals surface area contributed by atoms with Crippen LogP contribution in [0.5, 0.6) is 5.75 Å². The van der Waals surface area contributed by atoms with Crippen LogP contribution in [0.1, 0.15) is 126 Å². The van der Waals surface area contributed by atoms with Crippen LogP contribution in [-0.2, 0) is 0 Å². The highest BCUT2D eigenvalue weighted by atomic mass is 16.3. The summed E-state index contributed by atoms with van der Waals surface area (Å²) in [6.07, 6.45) is 20.5. The van der Waals surface area contributed by atoms with Crippen LogP contribution in [0.4, 0.5) is 0 Å². The molecule has 0 radical (unpaired) electrons. The average molecular weight is 412 g/mol. The minimum atomic E-state index is 0.401. The van der Waals surface area contributed by atoms with Gasteiger partial charge in [-0.1, -0.05) is 96.6 Å². The molecule has 30 heavy (non-hydrogen) atoms. The fourth-order valence-corrected chi connectivity index (χ4v) is 5.63. The first-order valence-electron chi connectivity index (χ1n) is 12.9. The molecule has 3 unspecified atom stereocenters. The lowest BCUT2D eigenvalue weighted by atomic mass is 9.78. The Morgan fingerprint density at radius 2 is 1.40 bits per heavy atom. The van der Waals surface area contributed by atoms with Crippen molar-refractivity contribution >= 4 is 6.21 Å². The number of phenols is 1. The summed E-state index contributed by atoms with van der Waals surface area (Å²) in [4.78, 5) is 4.99. The van der Waals surface area contributed by atoms with Crippen LogP contribution < -0.4 is 0 Å². The van der Waals surface area contributed by atoms with Gasteiger partial charge in [0, 0.05) is 11.8 Å². The van der Waals surface area contributed by atoms with Crippen LogP contribution in [0.25, 0.3) is 0 Å². The van der Waals surface area contributed by atoms with Gasteiger partial charge in [0.15, 0.2) is 0 Å². The maximum absolute atomic E-state index is 11.3. The zero-order valence-corrected chi connectivity index (χ0v) is 19.8. The van der Waals surface area contributed by atoms with Crippen molar-refractivity contribution in [2.45, 2.75) is 123 Å². The molecule has 3 rings (SSSR count). The molecule has 2 aliphatic carbocycles. The molecule has 1 aromatic rings. The summed E-state index contributed by atoms with van der Waals surface area (Å²) in [7, 11) is 0. The largest absolute Gasteiger partial charge is 0.507 e. The van der Waals surface area contributed by atoms with Gasteiger partial charge in [-0.2, -0.15) is 0 Å². The number of hydrogen-bond acceptors (Lipinski definition) is 2. The quantitative estimate of drug-likeness (QED) is 0.498. The molecular formula is C28H45NO. The van der Waals surface area contributed by atoms with Gasteiger partial charge in [-0.3, -0.25) is 4.99 Å². The highest BCUT2D eigenvalue weighted by Crippen LogP contribution is 2.38. The van der Waals surface area contributed by atoms with Crippen LogP contribution in [0.2, 0.25) is 0 Å². The van der Waals surface area contributed by atoms with Gasteiger partial charge in [0.25, 0.3) is 0 Å². The molecule has 0 aromatic heterocycles. The standard InChI is InChI=1S/C28H45NO/c1-21-14-13-17-27(23(21)3)29-20-26-22(2)18-19-25(28(26)30)24-15-11-9-7-5-4-6-8-10-12-16-24/h18-21,23-24,27,30H,4-17H2,1-3H3. The van der Waals surface area contributed by atoms with E-state index in [0.29, 0.717) is 23.6 Å². The molecule has 2 aliphatic rings. The Bertz CT molecular complexity index is 667. The number of phenolic OH excluding ortho intramolecular Hbond substituents is 1. The number of hydrogen-bond donors (Lipinski definition) is 1. The van der Waals surface area contributed by atoms with E-state index in [1.807, 2.05) is 6.21 Å². The van der Waals surface area contributed by atoms with Gasteiger partial charge >= 0.3 is 0 Å². The number of aromatic hydroxyl groups is 1. The minimum absolute atomic E-state index is 0.401. The molecule has 2 heteroatoms. The molecule has 0 bridgehead atoms. The predicted octanol–water partition coefficient (Wildman–Crippen LogP) is 8.33. The highest BCUT2D eigenvalue weighted by molar-refractivity contribution is 5.86. The van der Waals surface area contributed by atoms with Crippen molar-refractivity contribution in [3.05, 3.63) is 28.8 Å². The summed E-state index contributed by atoms with van der Waals surface area (Å²) in [5, 5.41) is 11.3. The first-order valence-corrected chi connectivity index (χ1v) is 12.9. The van der Waals surface area contributed by atoms with Crippen molar-refractivity contribution in [3.8, 4) is 5.75 Å². The maximum atomic E-state index is 11.3. The fourth-order valence-electron chi connectivity index (χ4n) is 5.63. The van der Waals surface area contributed by atoms with E-state index >= 15 is 0 Å². The summed E-state index contributed by atoms with van der Waals surface area (Å²) < 4.78 is 0. The summed E-state index contributed by atoms with van der Waals surface area (Å²) in [6.45, 7) is 6.82. The van der Waals surface area contributed by atoms with E-state index in [4.69, 9.17) is 4.99 Å². The van der Waals surface area contributed by atoms with Crippen molar-refractivity contribution in [2.24, 2.45) is 16.8 Å². The van der Waals surface area contributed by atoms with Crippen LogP contribution in [0.3, 0.4) is 0 Å². The number of rotatable bonds is 3. The van der Waals surface area contributed by atoms with Crippen LogP contribution >= 0.6 is 0 Å². The Balaban J connectivity index is 1.76. The molecule has 2 saturated carbocycles. The summed E-state index contributed by atoms with van der Waals surface area (Å²) in [5.74, 6) is 2.38. The lowest BCUT2D eigenvalue weighted by molar-refractivity contribution is 0.242. The van der Waals surface area contributed by atoms with Crippen molar-refractivity contribution in [1.82, 2.24) is 0 Å².